The lowest BCUT2D eigenvalue weighted by atomic mass is 9.68. The third-order valence-corrected chi connectivity index (χ3v) is 12.5. The van der Waals surface area contributed by atoms with E-state index in [1.54, 1.807) is 0 Å². The predicted octanol–water partition coefficient (Wildman–Crippen LogP) is 11.8. The van der Waals surface area contributed by atoms with Gasteiger partial charge in [0.2, 0.25) is 0 Å². The first-order valence-corrected chi connectivity index (χ1v) is 18.3. The van der Waals surface area contributed by atoms with Crippen LogP contribution in [0.5, 0.6) is 0 Å². The van der Waals surface area contributed by atoms with Crippen molar-refractivity contribution >= 4 is 38.8 Å². The van der Waals surface area contributed by atoms with Gasteiger partial charge in [-0.25, -0.2) is 0 Å². The van der Waals surface area contributed by atoms with Crippen LogP contribution in [0.3, 0.4) is 0 Å². The summed E-state index contributed by atoms with van der Waals surface area (Å²) in [6.07, 6.45) is 17.2. The molecular weight excluding hydrogens is 617 g/mol. The molecule has 1 aromatic heterocycles. The van der Waals surface area contributed by atoms with Crippen molar-refractivity contribution < 1.29 is 0 Å². The molecular formula is C49H34N2. The zero-order valence-electron chi connectivity index (χ0n) is 28.1. The van der Waals surface area contributed by atoms with Crippen LogP contribution in [-0.2, 0) is 5.41 Å². The number of hydrogen-bond acceptors (Lipinski definition) is 1. The minimum absolute atomic E-state index is 0.184. The van der Waals surface area contributed by atoms with E-state index in [9.17, 15) is 0 Å². The molecule has 4 unspecified atom stereocenters. The maximum absolute atomic E-state index is 2.60. The molecule has 2 nitrogen and oxygen atoms in total. The van der Waals surface area contributed by atoms with E-state index in [0.717, 1.165) is 6.42 Å². The molecule has 0 radical (unpaired) electrons. The van der Waals surface area contributed by atoms with Gasteiger partial charge in [0.25, 0.3) is 0 Å². The van der Waals surface area contributed by atoms with Crippen molar-refractivity contribution in [2.75, 3.05) is 4.90 Å². The van der Waals surface area contributed by atoms with E-state index in [0.29, 0.717) is 11.8 Å². The minimum Gasteiger partial charge on any atom is -0.334 e. The number of fused-ring (bicyclic) bond motifs is 8. The first-order valence-electron chi connectivity index (χ1n) is 18.3. The second-order valence-corrected chi connectivity index (χ2v) is 14.7. The van der Waals surface area contributed by atoms with Gasteiger partial charge in [0.1, 0.15) is 0 Å². The van der Waals surface area contributed by atoms with Gasteiger partial charge in [0.15, 0.2) is 0 Å². The molecule has 1 heterocycles. The van der Waals surface area contributed by atoms with Crippen LogP contribution in [0.25, 0.3) is 44.2 Å². The molecule has 0 bridgehead atoms. The van der Waals surface area contributed by atoms with Gasteiger partial charge >= 0.3 is 0 Å². The standard InChI is InChI=1S/C49H34N2/c1-3-13-31(14-4-1)50(33-26-28-46-42(29-33)37-18-8-10-24-45(37)51(46)32-15-5-2-6-16-32)34-25-27-36-39-20-12-22-41-40-21-11-19-38-35-17-7-9-23-43(35)49(47(38)40,48(39)41)44(36)30-34/h1-13,15-31,41,48H,14H2. The van der Waals surface area contributed by atoms with Crippen molar-refractivity contribution in [3.8, 4) is 16.8 Å². The van der Waals surface area contributed by atoms with Gasteiger partial charge < -0.3 is 9.47 Å². The van der Waals surface area contributed by atoms with Gasteiger partial charge in [-0.15, -0.1) is 0 Å². The minimum atomic E-state index is -0.184. The van der Waals surface area contributed by atoms with Crippen LogP contribution in [0, 0.1) is 5.92 Å². The Hall–Kier alpha value is -6.12. The van der Waals surface area contributed by atoms with Crippen LogP contribution in [0.1, 0.15) is 40.2 Å². The number of rotatable bonds is 4. The average molecular weight is 651 g/mol. The second kappa shape index (κ2) is 9.99. The molecule has 2 heteroatoms. The summed E-state index contributed by atoms with van der Waals surface area (Å²) in [5.74, 6) is 0.759. The summed E-state index contributed by atoms with van der Waals surface area (Å²) in [6, 6.07) is 50.6. The lowest BCUT2D eigenvalue weighted by Crippen LogP contribution is -2.32. The van der Waals surface area contributed by atoms with Gasteiger partial charge in [-0.3, -0.25) is 0 Å². The van der Waals surface area contributed by atoms with Gasteiger partial charge in [-0.05, 0) is 99.5 Å². The van der Waals surface area contributed by atoms with Crippen LogP contribution in [-0.4, -0.2) is 10.6 Å². The van der Waals surface area contributed by atoms with Crippen molar-refractivity contribution in [1.29, 1.82) is 0 Å². The number of nitrogens with zero attached hydrogens (tertiary/aromatic N) is 2. The maximum atomic E-state index is 2.60. The topological polar surface area (TPSA) is 8.17 Å². The monoisotopic (exact) mass is 650 g/mol. The smallest absolute Gasteiger partial charge is 0.0559 e. The molecule has 4 atom stereocenters. The van der Waals surface area contributed by atoms with E-state index in [2.05, 4.69) is 185 Å². The van der Waals surface area contributed by atoms with E-state index in [-0.39, 0.29) is 11.5 Å². The fraction of sp³-hybridized carbons (Fsp3) is 0.102. The lowest BCUT2D eigenvalue weighted by molar-refractivity contribution is 0.501. The molecule has 0 saturated carbocycles. The summed E-state index contributed by atoms with van der Waals surface area (Å²) < 4.78 is 2.41. The van der Waals surface area contributed by atoms with Crippen LogP contribution >= 0.6 is 0 Å². The Morgan fingerprint density at radius 2 is 1.39 bits per heavy atom. The van der Waals surface area contributed by atoms with Gasteiger partial charge in [0.05, 0.1) is 22.5 Å². The zero-order valence-corrected chi connectivity index (χ0v) is 28.1. The third-order valence-electron chi connectivity index (χ3n) is 12.5. The number of anilines is 2. The van der Waals surface area contributed by atoms with Crippen molar-refractivity contribution in [2.45, 2.75) is 23.8 Å². The number of aromatic nitrogens is 1. The molecule has 51 heavy (non-hydrogen) atoms. The molecule has 0 aliphatic heterocycles. The van der Waals surface area contributed by atoms with Crippen LogP contribution in [0.2, 0.25) is 0 Å². The molecule has 1 spiro atoms. The first kappa shape index (κ1) is 27.7. The molecule has 5 aliphatic carbocycles. The van der Waals surface area contributed by atoms with E-state index in [4.69, 9.17) is 0 Å². The van der Waals surface area contributed by atoms with Crippen LogP contribution < -0.4 is 4.90 Å². The summed E-state index contributed by atoms with van der Waals surface area (Å²) in [4.78, 5) is 2.60. The quantitative estimate of drug-likeness (QED) is 0.184. The number of hydrogen-bond donors (Lipinski definition) is 0. The van der Waals surface area contributed by atoms with E-state index < -0.39 is 0 Å². The molecule has 5 aliphatic rings. The van der Waals surface area contributed by atoms with Gasteiger partial charge in [-0.1, -0.05) is 127 Å². The van der Waals surface area contributed by atoms with Crippen LogP contribution in [0.15, 0.2) is 176 Å². The molecule has 7 aromatic rings. The Labute approximate surface area is 297 Å². The highest BCUT2D eigenvalue weighted by Gasteiger charge is 2.63. The lowest BCUT2D eigenvalue weighted by Gasteiger charge is -2.35. The Morgan fingerprint density at radius 3 is 2.31 bits per heavy atom. The first-order chi connectivity index (χ1) is 25.3. The normalized spacial score (nSPS) is 22.6. The third kappa shape index (κ3) is 3.43. The summed E-state index contributed by atoms with van der Waals surface area (Å²) in [6.45, 7) is 0. The van der Waals surface area contributed by atoms with Crippen molar-refractivity contribution in [3.05, 3.63) is 204 Å². The number of para-hydroxylation sites is 2. The fourth-order valence-electron chi connectivity index (χ4n) is 10.7. The Balaban J connectivity index is 1.10. The van der Waals surface area contributed by atoms with E-state index >= 15 is 0 Å². The largest absolute Gasteiger partial charge is 0.334 e. The second-order valence-electron chi connectivity index (χ2n) is 14.7. The highest BCUT2D eigenvalue weighted by Crippen LogP contribution is 2.73. The molecule has 0 N–H and O–H groups in total. The average Bonchev–Trinajstić information content (AvgIpc) is 3.89. The molecule has 0 saturated heterocycles. The molecule has 6 aromatic carbocycles. The molecule has 0 amide bonds. The number of benzene rings is 6. The summed E-state index contributed by atoms with van der Waals surface area (Å²) in [5, 5.41) is 2.55. The Morgan fingerprint density at radius 1 is 0.588 bits per heavy atom. The maximum Gasteiger partial charge on any atom is 0.0559 e. The van der Waals surface area contributed by atoms with Gasteiger partial charge in [0, 0.05) is 39.7 Å². The van der Waals surface area contributed by atoms with Gasteiger partial charge in [-0.2, -0.15) is 0 Å². The summed E-state index contributed by atoms with van der Waals surface area (Å²) >= 11 is 0. The Bertz CT molecular complexity index is 2760. The molecule has 12 rings (SSSR count). The SMILES string of the molecule is C1=CCC(N(c2ccc3c(c2)C24c5ccccc5-c5cccc(c52)C2C=CC=C3C24)c2ccc3c(c2)c2ccccc2n3-c2ccccc2)C=C1. The highest BCUT2D eigenvalue weighted by atomic mass is 15.2. The number of allylic oxidation sites excluding steroid dienone is 6. The molecule has 240 valence electrons. The fourth-order valence-corrected chi connectivity index (χ4v) is 10.7. The highest BCUT2D eigenvalue weighted by molar-refractivity contribution is 6.10. The zero-order chi connectivity index (χ0) is 33.3. The van der Waals surface area contributed by atoms with Crippen molar-refractivity contribution in [3.63, 3.8) is 0 Å². The van der Waals surface area contributed by atoms with Crippen molar-refractivity contribution in [1.82, 2.24) is 4.57 Å². The summed E-state index contributed by atoms with van der Waals surface area (Å²) in [7, 11) is 0. The van der Waals surface area contributed by atoms with E-state index in [1.807, 2.05) is 0 Å². The predicted molar refractivity (Wildman–Crippen MR) is 211 cm³/mol. The molecule has 0 fully saturated rings. The van der Waals surface area contributed by atoms with E-state index in [1.165, 1.54) is 83.4 Å². The summed E-state index contributed by atoms with van der Waals surface area (Å²) in [5.41, 5.74) is 17.6. The van der Waals surface area contributed by atoms with Crippen LogP contribution in [0.4, 0.5) is 11.4 Å². The van der Waals surface area contributed by atoms with Crippen molar-refractivity contribution in [2.24, 2.45) is 5.92 Å². The Kier molecular flexibility index (Phi) is 5.42.